The summed E-state index contributed by atoms with van der Waals surface area (Å²) in [5, 5.41) is 3.34. The molecule has 0 aliphatic carbocycles. The van der Waals surface area contributed by atoms with Gasteiger partial charge in [-0.2, -0.15) is 0 Å². The Balaban J connectivity index is 1.62. The van der Waals surface area contributed by atoms with Gasteiger partial charge in [-0.05, 0) is 51.9 Å². The molecule has 0 spiro atoms. The van der Waals surface area contributed by atoms with E-state index in [1.54, 1.807) is 0 Å². The molecule has 1 N–H and O–H groups in total. The first kappa shape index (κ1) is 11.4. The number of nitrogens with zero attached hydrogens (tertiary/aromatic N) is 2. The van der Waals surface area contributed by atoms with Crippen LogP contribution in [-0.2, 0) is 0 Å². The quantitative estimate of drug-likeness (QED) is 0.730. The maximum atomic E-state index is 3.34. The van der Waals surface area contributed by atoms with Gasteiger partial charge in [0.1, 0.15) is 0 Å². The molecule has 2 aliphatic heterocycles. The Labute approximate surface area is 93.8 Å². The summed E-state index contributed by atoms with van der Waals surface area (Å²) in [5.74, 6) is 1.86. The Hall–Kier alpha value is -0.120. The summed E-state index contributed by atoms with van der Waals surface area (Å²) in [4.78, 5) is 4.99. The van der Waals surface area contributed by atoms with E-state index >= 15 is 0 Å². The Morgan fingerprint density at radius 2 is 1.73 bits per heavy atom. The van der Waals surface area contributed by atoms with Gasteiger partial charge in [0.2, 0.25) is 0 Å². The molecule has 0 aromatic rings. The van der Waals surface area contributed by atoms with Crippen LogP contribution in [0.5, 0.6) is 0 Å². The first-order valence-corrected chi connectivity index (χ1v) is 6.32. The zero-order valence-corrected chi connectivity index (χ0v) is 10.2. The predicted octanol–water partition coefficient (Wildman–Crippen LogP) is 0.479. The van der Waals surface area contributed by atoms with E-state index in [9.17, 15) is 0 Å². The molecular weight excluding hydrogens is 186 g/mol. The number of nitrogens with one attached hydrogen (secondary N) is 1. The average Bonchev–Trinajstić information content (AvgIpc) is 2.16. The lowest BCUT2D eigenvalue weighted by molar-refractivity contribution is 0.153. The number of hydrogen-bond acceptors (Lipinski definition) is 3. The lowest BCUT2D eigenvalue weighted by Gasteiger charge is -2.35. The van der Waals surface area contributed by atoms with E-state index in [0.29, 0.717) is 0 Å². The Morgan fingerprint density at radius 1 is 1.13 bits per heavy atom. The molecule has 2 heterocycles. The molecule has 0 radical (unpaired) electrons. The normalized spacial score (nSPS) is 25.8. The molecule has 3 nitrogen and oxygen atoms in total. The monoisotopic (exact) mass is 211 g/mol. The summed E-state index contributed by atoms with van der Waals surface area (Å²) in [7, 11) is 4.52. The lowest BCUT2D eigenvalue weighted by Crippen LogP contribution is -2.48. The third kappa shape index (κ3) is 3.44. The van der Waals surface area contributed by atoms with Crippen LogP contribution in [0.2, 0.25) is 0 Å². The van der Waals surface area contributed by atoms with Crippen LogP contribution < -0.4 is 5.32 Å². The number of hydrogen-bond donors (Lipinski definition) is 1. The average molecular weight is 211 g/mol. The molecule has 0 unspecified atom stereocenters. The van der Waals surface area contributed by atoms with E-state index in [2.05, 4.69) is 29.2 Å². The van der Waals surface area contributed by atoms with Crippen molar-refractivity contribution in [3.05, 3.63) is 0 Å². The maximum absolute atomic E-state index is 3.34. The highest BCUT2D eigenvalue weighted by Gasteiger charge is 2.22. The Bertz CT molecular complexity index is 183. The third-order valence-electron chi connectivity index (χ3n) is 3.84. The van der Waals surface area contributed by atoms with E-state index in [1.165, 1.54) is 52.1 Å². The fourth-order valence-electron chi connectivity index (χ4n) is 2.68. The molecule has 2 aliphatic rings. The lowest BCUT2D eigenvalue weighted by atomic mass is 9.95. The SMILES string of the molecule is CN1CCC(CN(C)CC2CNC2)CC1. The fourth-order valence-corrected chi connectivity index (χ4v) is 2.68. The van der Waals surface area contributed by atoms with Crippen LogP contribution in [0.25, 0.3) is 0 Å². The van der Waals surface area contributed by atoms with E-state index in [-0.39, 0.29) is 0 Å². The van der Waals surface area contributed by atoms with Crippen molar-refractivity contribution in [2.75, 3.05) is 53.4 Å². The van der Waals surface area contributed by atoms with Gasteiger partial charge in [-0.3, -0.25) is 0 Å². The molecule has 15 heavy (non-hydrogen) atoms. The van der Waals surface area contributed by atoms with E-state index in [1.807, 2.05) is 0 Å². The van der Waals surface area contributed by atoms with E-state index in [4.69, 9.17) is 0 Å². The van der Waals surface area contributed by atoms with Gasteiger partial charge in [-0.15, -0.1) is 0 Å². The van der Waals surface area contributed by atoms with Crippen LogP contribution in [0.3, 0.4) is 0 Å². The summed E-state index contributed by atoms with van der Waals surface area (Å²) < 4.78 is 0. The second kappa shape index (κ2) is 5.28. The van der Waals surface area contributed by atoms with E-state index in [0.717, 1.165) is 11.8 Å². The Morgan fingerprint density at radius 3 is 2.27 bits per heavy atom. The first-order valence-electron chi connectivity index (χ1n) is 6.32. The van der Waals surface area contributed by atoms with Gasteiger partial charge in [0.15, 0.2) is 0 Å². The molecule has 3 heteroatoms. The molecule has 0 bridgehead atoms. The number of likely N-dealkylation sites (tertiary alicyclic amines) is 1. The third-order valence-corrected chi connectivity index (χ3v) is 3.84. The van der Waals surface area contributed by atoms with Crippen molar-refractivity contribution in [2.45, 2.75) is 12.8 Å². The molecule has 2 fully saturated rings. The van der Waals surface area contributed by atoms with Crippen LogP contribution in [0.1, 0.15) is 12.8 Å². The standard InChI is InChI=1S/C12H25N3/c1-14-5-3-11(4-6-14)9-15(2)10-12-7-13-8-12/h11-13H,3-10H2,1-2H3. The number of rotatable bonds is 4. The van der Waals surface area contributed by atoms with Crippen molar-refractivity contribution < 1.29 is 0 Å². The summed E-state index contributed by atoms with van der Waals surface area (Å²) >= 11 is 0. The van der Waals surface area contributed by atoms with Crippen molar-refractivity contribution >= 4 is 0 Å². The smallest absolute Gasteiger partial charge is 0.00310 e. The van der Waals surface area contributed by atoms with Gasteiger partial charge in [0.25, 0.3) is 0 Å². The largest absolute Gasteiger partial charge is 0.316 e. The summed E-state index contributed by atoms with van der Waals surface area (Å²) in [6.45, 7) is 7.66. The van der Waals surface area contributed by atoms with Gasteiger partial charge < -0.3 is 15.1 Å². The minimum absolute atomic E-state index is 0.918. The second-order valence-corrected chi connectivity index (χ2v) is 5.49. The van der Waals surface area contributed by atoms with Gasteiger partial charge >= 0.3 is 0 Å². The van der Waals surface area contributed by atoms with Crippen LogP contribution >= 0.6 is 0 Å². The number of piperidine rings is 1. The molecule has 0 amide bonds. The zero-order chi connectivity index (χ0) is 10.7. The van der Waals surface area contributed by atoms with Crippen molar-refractivity contribution in [3.8, 4) is 0 Å². The summed E-state index contributed by atoms with van der Waals surface area (Å²) in [6, 6.07) is 0. The Kier molecular flexibility index (Phi) is 4.00. The highest BCUT2D eigenvalue weighted by atomic mass is 15.1. The minimum Gasteiger partial charge on any atom is -0.316 e. The van der Waals surface area contributed by atoms with E-state index < -0.39 is 0 Å². The molecule has 88 valence electrons. The van der Waals surface area contributed by atoms with Crippen LogP contribution in [0.15, 0.2) is 0 Å². The maximum Gasteiger partial charge on any atom is 0.00310 e. The molecule has 0 aromatic carbocycles. The first-order chi connectivity index (χ1) is 7.24. The second-order valence-electron chi connectivity index (χ2n) is 5.49. The topological polar surface area (TPSA) is 18.5 Å². The fraction of sp³-hybridized carbons (Fsp3) is 1.00. The molecule has 0 saturated carbocycles. The summed E-state index contributed by atoms with van der Waals surface area (Å²) in [5.41, 5.74) is 0. The van der Waals surface area contributed by atoms with Gasteiger partial charge in [-0.25, -0.2) is 0 Å². The van der Waals surface area contributed by atoms with Gasteiger partial charge in [0.05, 0.1) is 0 Å². The molecule has 2 saturated heterocycles. The summed E-state index contributed by atoms with van der Waals surface area (Å²) in [6.07, 6.45) is 2.79. The van der Waals surface area contributed by atoms with Gasteiger partial charge in [0, 0.05) is 26.2 Å². The van der Waals surface area contributed by atoms with Crippen molar-refractivity contribution in [2.24, 2.45) is 11.8 Å². The molecule has 0 atom stereocenters. The molecule has 0 aromatic heterocycles. The van der Waals surface area contributed by atoms with Crippen molar-refractivity contribution in [1.82, 2.24) is 15.1 Å². The highest BCUT2D eigenvalue weighted by Crippen LogP contribution is 2.17. The van der Waals surface area contributed by atoms with Crippen LogP contribution in [0, 0.1) is 11.8 Å². The van der Waals surface area contributed by atoms with Crippen molar-refractivity contribution in [1.29, 1.82) is 0 Å². The van der Waals surface area contributed by atoms with Crippen molar-refractivity contribution in [3.63, 3.8) is 0 Å². The minimum atomic E-state index is 0.918. The van der Waals surface area contributed by atoms with Crippen LogP contribution in [0.4, 0.5) is 0 Å². The van der Waals surface area contributed by atoms with Gasteiger partial charge in [-0.1, -0.05) is 0 Å². The molecule has 2 rings (SSSR count). The zero-order valence-electron chi connectivity index (χ0n) is 10.2. The van der Waals surface area contributed by atoms with Crippen LogP contribution in [-0.4, -0.2) is 63.2 Å². The highest BCUT2D eigenvalue weighted by molar-refractivity contribution is 4.79. The molecular formula is C12H25N3. The predicted molar refractivity (Wildman–Crippen MR) is 64.1 cm³/mol.